The standard InChI is InChI=1S/C15H29NO3/c1-2-8-19-14-10-12(17)9-13(18)15(14)16-11-6-4-3-5-7-11/h11-18H,2-10H2,1H3. The van der Waals surface area contributed by atoms with Crippen molar-refractivity contribution in [2.45, 2.75) is 88.7 Å². The molecule has 0 aromatic rings. The van der Waals surface area contributed by atoms with E-state index in [0.717, 1.165) is 6.42 Å². The highest BCUT2D eigenvalue weighted by atomic mass is 16.5. The number of rotatable bonds is 5. The van der Waals surface area contributed by atoms with E-state index < -0.39 is 12.2 Å². The first-order valence-electron chi connectivity index (χ1n) is 7.94. The fraction of sp³-hybridized carbons (Fsp3) is 1.00. The highest BCUT2D eigenvalue weighted by Gasteiger charge is 2.38. The van der Waals surface area contributed by atoms with E-state index in [1.807, 2.05) is 0 Å². The van der Waals surface area contributed by atoms with Gasteiger partial charge < -0.3 is 20.3 Å². The predicted molar refractivity (Wildman–Crippen MR) is 75.1 cm³/mol. The first kappa shape index (κ1) is 15.2. The summed E-state index contributed by atoms with van der Waals surface area (Å²) in [6, 6.07) is 0.495. The van der Waals surface area contributed by atoms with Crippen molar-refractivity contribution >= 4 is 0 Å². The molecule has 0 spiro atoms. The van der Waals surface area contributed by atoms with Gasteiger partial charge in [0.2, 0.25) is 0 Å². The van der Waals surface area contributed by atoms with Crippen LogP contribution in [-0.2, 0) is 4.74 Å². The molecule has 0 aromatic carbocycles. The summed E-state index contributed by atoms with van der Waals surface area (Å²) in [5.41, 5.74) is 0. The topological polar surface area (TPSA) is 61.7 Å². The average molecular weight is 271 g/mol. The maximum Gasteiger partial charge on any atom is 0.0778 e. The summed E-state index contributed by atoms with van der Waals surface area (Å²) >= 11 is 0. The van der Waals surface area contributed by atoms with Crippen LogP contribution in [0.25, 0.3) is 0 Å². The van der Waals surface area contributed by atoms with E-state index >= 15 is 0 Å². The van der Waals surface area contributed by atoms with Crippen molar-refractivity contribution < 1.29 is 14.9 Å². The molecule has 2 saturated carbocycles. The van der Waals surface area contributed by atoms with Crippen LogP contribution in [0.3, 0.4) is 0 Å². The third-order valence-corrected chi connectivity index (χ3v) is 4.40. The van der Waals surface area contributed by atoms with Crippen molar-refractivity contribution in [3.05, 3.63) is 0 Å². The van der Waals surface area contributed by atoms with Crippen LogP contribution < -0.4 is 5.32 Å². The molecule has 0 aliphatic heterocycles. The van der Waals surface area contributed by atoms with Crippen LogP contribution in [0.15, 0.2) is 0 Å². The fourth-order valence-corrected chi connectivity index (χ4v) is 3.38. The van der Waals surface area contributed by atoms with Crippen LogP contribution in [0.5, 0.6) is 0 Å². The Bertz CT molecular complexity index is 256. The monoisotopic (exact) mass is 271 g/mol. The number of hydrogen-bond acceptors (Lipinski definition) is 4. The van der Waals surface area contributed by atoms with Gasteiger partial charge in [0, 0.05) is 25.5 Å². The molecule has 4 atom stereocenters. The second kappa shape index (κ2) is 7.58. The number of hydrogen-bond donors (Lipinski definition) is 3. The van der Waals surface area contributed by atoms with Gasteiger partial charge in [-0.25, -0.2) is 0 Å². The maximum absolute atomic E-state index is 10.2. The van der Waals surface area contributed by atoms with Crippen LogP contribution >= 0.6 is 0 Å². The molecule has 0 radical (unpaired) electrons. The minimum atomic E-state index is -0.493. The van der Waals surface area contributed by atoms with Crippen molar-refractivity contribution in [1.82, 2.24) is 5.32 Å². The first-order chi connectivity index (χ1) is 9.20. The summed E-state index contributed by atoms with van der Waals surface area (Å²) in [5, 5.41) is 23.6. The molecule has 4 unspecified atom stereocenters. The van der Waals surface area contributed by atoms with Crippen LogP contribution in [0.4, 0.5) is 0 Å². The number of ether oxygens (including phenoxy) is 1. The Kier molecular flexibility index (Phi) is 6.07. The SMILES string of the molecule is CCCOC1CC(O)CC(O)C1NC1CCCCC1. The van der Waals surface area contributed by atoms with E-state index in [2.05, 4.69) is 12.2 Å². The van der Waals surface area contributed by atoms with Gasteiger partial charge in [-0.05, 0) is 19.3 Å². The van der Waals surface area contributed by atoms with Crippen LogP contribution in [-0.4, -0.2) is 47.2 Å². The molecule has 2 rings (SSSR count). The molecular formula is C15H29NO3. The Hall–Kier alpha value is -0.160. The van der Waals surface area contributed by atoms with Crippen LogP contribution in [0.1, 0.15) is 58.3 Å². The quantitative estimate of drug-likeness (QED) is 0.710. The third-order valence-electron chi connectivity index (χ3n) is 4.40. The van der Waals surface area contributed by atoms with Gasteiger partial charge in [0.05, 0.1) is 24.4 Å². The molecule has 4 heteroatoms. The Labute approximate surface area is 116 Å². The summed E-state index contributed by atoms with van der Waals surface area (Å²) in [4.78, 5) is 0. The molecule has 0 aromatic heterocycles. The summed E-state index contributed by atoms with van der Waals surface area (Å²) in [7, 11) is 0. The molecule has 19 heavy (non-hydrogen) atoms. The lowest BCUT2D eigenvalue weighted by molar-refractivity contribution is -0.0858. The second-order valence-corrected chi connectivity index (χ2v) is 6.13. The fourth-order valence-electron chi connectivity index (χ4n) is 3.38. The van der Waals surface area contributed by atoms with Gasteiger partial charge in [0.15, 0.2) is 0 Å². The zero-order chi connectivity index (χ0) is 13.7. The summed E-state index contributed by atoms with van der Waals surface area (Å²) in [6.07, 6.45) is 7.40. The highest BCUT2D eigenvalue weighted by Crippen LogP contribution is 2.25. The van der Waals surface area contributed by atoms with E-state index in [0.29, 0.717) is 25.5 Å². The van der Waals surface area contributed by atoms with Crippen molar-refractivity contribution in [1.29, 1.82) is 0 Å². The van der Waals surface area contributed by atoms with E-state index in [9.17, 15) is 10.2 Å². The zero-order valence-electron chi connectivity index (χ0n) is 12.1. The minimum Gasteiger partial charge on any atom is -0.393 e. The van der Waals surface area contributed by atoms with Crippen molar-refractivity contribution in [3.8, 4) is 0 Å². The zero-order valence-corrected chi connectivity index (χ0v) is 12.1. The Morgan fingerprint density at radius 3 is 2.53 bits per heavy atom. The molecule has 4 nitrogen and oxygen atoms in total. The van der Waals surface area contributed by atoms with Gasteiger partial charge in [-0.2, -0.15) is 0 Å². The predicted octanol–water partition coefficient (Wildman–Crippen LogP) is 1.59. The molecule has 0 amide bonds. The van der Waals surface area contributed by atoms with E-state index in [1.165, 1.54) is 32.1 Å². The molecule has 2 aliphatic carbocycles. The lowest BCUT2D eigenvalue weighted by Crippen LogP contribution is -2.58. The van der Waals surface area contributed by atoms with Crippen molar-refractivity contribution in [2.75, 3.05) is 6.61 Å². The summed E-state index contributed by atoms with van der Waals surface area (Å²) < 4.78 is 5.84. The van der Waals surface area contributed by atoms with Crippen molar-refractivity contribution in [3.63, 3.8) is 0 Å². The Balaban J connectivity index is 1.91. The van der Waals surface area contributed by atoms with E-state index in [4.69, 9.17) is 4.74 Å². The van der Waals surface area contributed by atoms with E-state index in [1.54, 1.807) is 0 Å². The normalized spacial score (nSPS) is 37.4. The lowest BCUT2D eigenvalue weighted by Gasteiger charge is -2.41. The molecular weight excluding hydrogens is 242 g/mol. The van der Waals surface area contributed by atoms with Gasteiger partial charge >= 0.3 is 0 Å². The largest absolute Gasteiger partial charge is 0.393 e. The molecule has 112 valence electrons. The Morgan fingerprint density at radius 1 is 1.11 bits per heavy atom. The smallest absolute Gasteiger partial charge is 0.0778 e. The molecule has 3 N–H and O–H groups in total. The lowest BCUT2D eigenvalue weighted by atomic mass is 9.85. The number of nitrogens with one attached hydrogen (secondary N) is 1. The average Bonchev–Trinajstić information content (AvgIpc) is 2.41. The van der Waals surface area contributed by atoms with Gasteiger partial charge in [0.1, 0.15) is 0 Å². The first-order valence-corrected chi connectivity index (χ1v) is 7.94. The van der Waals surface area contributed by atoms with E-state index in [-0.39, 0.29) is 12.1 Å². The molecule has 2 fully saturated rings. The summed E-state index contributed by atoms with van der Waals surface area (Å²) in [5.74, 6) is 0. The molecule has 0 bridgehead atoms. The van der Waals surface area contributed by atoms with Crippen LogP contribution in [0.2, 0.25) is 0 Å². The third kappa shape index (κ3) is 4.42. The summed E-state index contributed by atoms with van der Waals surface area (Å²) in [6.45, 7) is 2.78. The maximum atomic E-state index is 10.2. The second-order valence-electron chi connectivity index (χ2n) is 6.13. The van der Waals surface area contributed by atoms with Gasteiger partial charge in [-0.1, -0.05) is 26.2 Å². The van der Waals surface area contributed by atoms with Gasteiger partial charge in [-0.15, -0.1) is 0 Å². The molecule has 0 heterocycles. The minimum absolute atomic E-state index is 0.0157. The highest BCUT2D eigenvalue weighted by molar-refractivity contribution is 4.94. The number of aliphatic hydroxyl groups excluding tert-OH is 2. The van der Waals surface area contributed by atoms with Crippen LogP contribution in [0, 0.1) is 0 Å². The van der Waals surface area contributed by atoms with Gasteiger partial charge in [0.25, 0.3) is 0 Å². The molecule has 0 saturated heterocycles. The number of aliphatic hydroxyl groups is 2. The molecule has 2 aliphatic rings. The Morgan fingerprint density at radius 2 is 1.84 bits per heavy atom. The van der Waals surface area contributed by atoms with Gasteiger partial charge in [-0.3, -0.25) is 0 Å². The van der Waals surface area contributed by atoms with Crippen molar-refractivity contribution in [2.24, 2.45) is 0 Å².